The molecule has 0 saturated carbocycles. The van der Waals surface area contributed by atoms with Crippen LogP contribution < -0.4 is 10.1 Å². The number of rotatable bonds is 7. The molecule has 0 fully saturated rings. The van der Waals surface area contributed by atoms with E-state index < -0.39 is 12.1 Å². The van der Waals surface area contributed by atoms with E-state index in [1.54, 1.807) is 24.3 Å². The Balaban J connectivity index is 1.50. The summed E-state index contributed by atoms with van der Waals surface area (Å²) < 4.78 is 10.3. The van der Waals surface area contributed by atoms with Crippen molar-refractivity contribution in [3.05, 3.63) is 59.7 Å². The van der Waals surface area contributed by atoms with Gasteiger partial charge in [-0.15, -0.1) is 11.8 Å². The molecule has 0 bridgehead atoms. The Morgan fingerprint density at radius 1 is 1.31 bits per heavy atom. The van der Waals surface area contributed by atoms with Gasteiger partial charge in [-0.2, -0.15) is 0 Å². The first kappa shape index (κ1) is 18.8. The zero-order valence-electron chi connectivity index (χ0n) is 14.7. The highest BCUT2D eigenvalue weighted by atomic mass is 32.2. The third-order valence-corrected chi connectivity index (χ3v) is 5.38. The lowest BCUT2D eigenvalue weighted by atomic mass is 10.0. The molecular weight excluding hydrogens is 350 g/mol. The second-order valence-electron chi connectivity index (χ2n) is 6.12. The molecule has 5 nitrogen and oxygen atoms in total. The van der Waals surface area contributed by atoms with Crippen molar-refractivity contribution in [2.45, 2.75) is 23.5 Å². The molecule has 0 amide bonds. The second-order valence-corrected chi connectivity index (χ2v) is 7.26. The SMILES string of the molecule is COC(=O)c1cccc(OC[C@@H](O)CN[C@@H]2CCSc3ccccc32)c1. The van der Waals surface area contributed by atoms with Gasteiger partial charge in [0.15, 0.2) is 0 Å². The molecule has 1 aliphatic rings. The minimum Gasteiger partial charge on any atom is -0.491 e. The highest BCUT2D eigenvalue weighted by Gasteiger charge is 2.20. The second kappa shape index (κ2) is 9.07. The molecule has 2 N–H and O–H groups in total. The first-order valence-electron chi connectivity index (χ1n) is 8.61. The van der Waals surface area contributed by atoms with Crippen LogP contribution in [0.5, 0.6) is 5.75 Å². The summed E-state index contributed by atoms with van der Waals surface area (Å²) in [4.78, 5) is 12.9. The quantitative estimate of drug-likeness (QED) is 0.727. The van der Waals surface area contributed by atoms with Crippen LogP contribution in [0.15, 0.2) is 53.4 Å². The normalized spacial score (nSPS) is 17.2. The number of hydrogen-bond donors (Lipinski definition) is 2. The predicted octanol–water partition coefficient (Wildman–Crippen LogP) is 3.04. The minimum absolute atomic E-state index is 0.154. The van der Waals surface area contributed by atoms with E-state index >= 15 is 0 Å². The summed E-state index contributed by atoms with van der Waals surface area (Å²) >= 11 is 1.87. The first-order chi connectivity index (χ1) is 12.7. The Hall–Kier alpha value is -2.02. The smallest absolute Gasteiger partial charge is 0.337 e. The molecule has 1 aliphatic heterocycles. The number of ether oxygens (including phenoxy) is 2. The van der Waals surface area contributed by atoms with Crippen molar-refractivity contribution in [3.8, 4) is 5.75 Å². The summed E-state index contributed by atoms with van der Waals surface area (Å²) in [5.74, 6) is 1.19. The molecule has 2 atom stereocenters. The average molecular weight is 373 g/mol. The van der Waals surface area contributed by atoms with Gasteiger partial charge in [-0.25, -0.2) is 4.79 Å². The van der Waals surface area contributed by atoms with Crippen LogP contribution in [0.2, 0.25) is 0 Å². The molecule has 2 aromatic carbocycles. The average Bonchev–Trinajstić information content (AvgIpc) is 2.70. The molecule has 0 spiro atoms. The number of carbonyl (C=O) groups excluding carboxylic acids is 1. The molecule has 0 unspecified atom stereocenters. The number of esters is 1. The zero-order chi connectivity index (χ0) is 18.4. The molecule has 0 aromatic heterocycles. The number of aliphatic hydroxyl groups excluding tert-OH is 1. The van der Waals surface area contributed by atoms with Gasteiger partial charge in [-0.3, -0.25) is 0 Å². The van der Waals surface area contributed by atoms with Crippen LogP contribution in [0.3, 0.4) is 0 Å². The van der Waals surface area contributed by atoms with Gasteiger partial charge >= 0.3 is 5.97 Å². The standard InChI is InChI=1S/C20H23NO4S/c1-24-20(23)14-5-4-6-16(11-14)25-13-15(22)12-21-18-9-10-26-19-8-3-2-7-17(18)19/h2-8,11,15,18,21-22H,9-10,12-13H2,1H3/t15-,18+/m0/s1. The third-order valence-electron chi connectivity index (χ3n) is 4.26. The van der Waals surface area contributed by atoms with E-state index in [0.29, 0.717) is 17.9 Å². The van der Waals surface area contributed by atoms with Crippen LogP contribution in [0.4, 0.5) is 0 Å². The number of methoxy groups -OCH3 is 1. The molecule has 6 heteroatoms. The lowest BCUT2D eigenvalue weighted by Gasteiger charge is -2.27. The number of carbonyl (C=O) groups is 1. The minimum atomic E-state index is -0.640. The molecule has 3 rings (SSSR count). The number of nitrogens with one attached hydrogen (secondary N) is 1. The maximum atomic E-state index is 11.5. The van der Waals surface area contributed by atoms with E-state index in [2.05, 4.69) is 23.5 Å². The number of thioether (sulfide) groups is 1. The van der Waals surface area contributed by atoms with Gasteiger partial charge in [-0.05, 0) is 42.0 Å². The molecule has 138 valence electrons. The predicted molar refractivity (Wildman–Crippen MR) is 102 cm³/mol. The largest absolute Gasteiger partial charge is 0.491 e. The Labute approximate surface area is 157 Å². The summed E-state index contributed by atoms with van der Waals surface area (Å²) in [6.07, 6.45) is 0.398. The van der Waals surface area contributed by atoms with E-state index in [0.717, 1.165) is 12.2 Å². The van der Waals surface area contributed by atoms with Crippen LogP contribution in [-0.2, 0) is 4.74 Å². The van der Waals surface area contributed by atoms with E-state index in [1.165, 1.54) is 17.6 Å². The van der Waals surface area contributed by atoms with Crippen LogP contribution in [-0.4, -0.2) is 43.2 Å². The van der Waals surface area contributed by atoms with E-state index in [9.17, 15) is 9.90 Å². The fourth-order valence-electron chi connectivity index (χ4n) is 2.91. The van der Waals surface area contributed by atoms with E-state index in [4.69, 9.17) is 9.47 Å². The van der Waals surface area contributed by atoms with Crippen molar-refractivity contribution in [2.24, 2.45) is 0 Å². The van der Waals surface area contributed by atoms with Crippen molar-refractivity contribution in [2.75, 3.05) is 26.0 Å². The molecular formula is C20H23NO4S. The molecule has 26 heavy (non-hydrogen) atoms. The van der Waals surface area contributed by atoms with Gasteiger partial charge in [0, 0.05) is 17.5 Å². The number of aliphatic hydroxyl groups is 1. The van der Waals surface area contributed by atoms with Crippen LogP contribution >= 0.6 is 11.8 Å². The topological polar surface area (TPSA) is 67.8 Å². The Bertz CT molecular complexity index is 752. The van der Waals surface area contributed by atoms with Crippen LogP contribution in [0, 0.1) is 0 Å². The Morgan fingerprint density at radius 3 is 3.00 bits per heavy atom. The Morgan fingerprint density at radius 2 is 2.15 bits per heavy atom. The number of hydrogen-bond acceptors (Lipinski definition) is 6. The molecule has 0 radical (unpaired) electrons. The van der Waals surface area contributed by atoms with Gasteiger partial charge < -0.3 is 19.9 Å². The molecule has 2 aromatic rings. The summed E-state index contributed by atoms with van der Waals surface area (Å²) in [5, 5.41) is 13.7. The van der Waals surface area contributed by atoms with Crippen molar-refractivity contribution in [1.29, 1.82) is 0 Å². The summed E-state index contributed by atoms with van der Waals surface area (Å²) in [5.41, 5.74) is 1.72. The molecule has 1 heterocycles. The third kappa shape index (κ3) is 4.78. The van der Waals surface area contributed by atoms with Gasteiger partial charge in [0.05, 0.1) is 12.7 Å². The van der Waals surface area contributed by atoms with Crippen LogP contribution in [0.1, 0.15) is 28.4 Å². The molecule has 0 aliphatic carbocycles. The zero-order valence-corrected chi connectivity index (χ0v) is 15.5. The highest BCUT2D eigenvalue weighted by Crippen LogP contribution is 2.35. The molecule has 0 saturated heterocycles. The number of fused-ring (bicyclic) bond motifs is 1. The Kier molecular flexibility index (Phi) is 6.55. The van der Waals surface area contributed by atoms with Crippen molar-refractivity contribution < 1.29 is 19.4 Å². The maximum Gasteiger partial charge on any atom is 0.337 e. The van der Waals surface area contributed by atoms with Crippen LogP contribution in [0.25, 0.3) is 0 Å². The van der Waals surface area contributed by atoms with Gasteiger partial charge in [0.2, 0.25) is 0 Å². The fraction of sp³-hybridized carbons (Fsp3) is 0.350. The van der Waals surface area contributed by atoms with E-state index in [-0.39, 0.29) is 12.6 Å². The van der Waals surface area contributed by atoms with Gasteiger partial charge in [0.1, 0.15) is 18.5 Å². The summed E-state index contributed by atoms with van der Waals surface area (Å²) in [7, 11) is 1.34. The van der Waals surface area contributed by atoms with Crippen molar-refractivity contribution in [1.82, 2.24) is 5.32 Å². The van der Waals surface area contributed by atoms with Gasteiger partial charge in [0.25, 0.3) is 0 Å². The maximum absolute atomic E-state index is 11.5. The van der Waals surface area contributed by atoms with Gasteiger partial charge in [-0.1, -0.05) is 24.3 Å². The van der Waals surface area contributed by atoms with E-state index in [1.807, 2.05) is 17.8 Å². The highest BCUT2D eigenvalue weighted by molar-refractivity contribution is 7.99. The summed E-state index contributed by atoms with van der Waals surface area (Å²) in [6.45, 7) is 0.598. The summed E-state index contributed by atoms with van der Waals surface area (Å²) in [6, 6.07) is 15.4. The van der Waals surface area contributed by atoms with Crippen molar-refractivity contribution in [3.63, 3.8) is 0 Å². The fourth-order valence-corrected chi connectivity index (χ4v) is 4.04. The van der Waals surface area contributed by atoms with Crippen molar-refractivity contribution >= 4 is 17.7 Å². The monoisotopic (exact) mass is 373 g/mol. The number of benzene rings is 2. The lowest BCUT2D eigenvalue weighted by Crippen LogP contribution is -2.35. The lowest BCUT2D eigenvalue weighted by molar-refractivity contribution is 0.0600. The first-order valence-corrected chi connectivity index (χ1v) is 9.60.